The second kappa shape index (κ2) is 3.60. The molecular weight excluding hydrogens is 188 g/mol. The first-order chi connectivity index (χ1) is 5.57. The molecule has 1 rings (SSSR count). The Bertz CT molecular complexity index is 268. The first-order valence-electron chi connectivity index (χ1n) is 3.88. The van der Waals surface area contributed by atoms with Crippen molar-refractivity contribution in [3.05, 3.63) is 11.3 Å². The van der Waals surface area contributed by atoms with Crippen LogP contribution in [-0.4, -0.2) is 15.8 Å². The van der Waals surface area contributed by atoms with Crippen molar-refractivity contribution in [3.63, 3.8) is 0 Å². The predicted molar refractivity (Wildman–Crippen MR) is 59.3 cm³/mol. The summed E-state index contributed by atoms with van der Waals surface area (Å²) in [6, 6.07) is -0.287. The van der Waals surface area contributed by atoms with E-state index in [0.717, 1.165) is 23.3 Å². The minimum atomic E-state index is -0.287. The summed E-state index contributed by atoms with van der Waals surface area (Å²) in [5.74, 6) is 0. The van der Waals surface area contributed by atoms with Gasteiger partial charge in [-0.3, -0.25) is 0 Å². The fraction of sp³-hybridized carbons (Fsp3) is 0.500. The molecule has 0 fully saturated rings. The maximum atomic E-state index is 5.78. The lowest BCUT2D eigenvalue weighted by Crippen LogP contribution is -2.43. The topological polar surface area (TPSA) is 52.0 Å². The van der Waals surface area contributed by atoms with Crippen LogP contribution in [0.5, 0.6) is 0 Å². The lowest BCUT2D eigenvalue weighted by molar-refractivity contribution is 0.978. The number of hydrogen-bond donors (Lipinski definition) is 2. The molecule has 66 valence electrons. The van der Waals surface area contributed by atoms with Gasteiger partial charge < -0.3 is 11.5 Å². The predicted octanol–water partition coefficient (Wildman–Crippen LogP) is 1.08. The zero-order valence-electron chi connectivity index (χ0n) is 6.96. The first kappa shape index (κ1) is 9.77. The van der Waals surface area contributed by atoms with Gasteiger partial charge in [0.25, 0.3) is 0 Å². The quantitative estimate of drug-likeness (QED) is 0.622. The smallest absolute Gasteiger partial charge is 0.0742 e. The fourth-order valence-electron chi connectivity index (χ4n) is 1.22. The number of allylic oxidation sites excluding steroid dienone is 1. The molecule has 0 aliphatic heterocycles. The number of thiocarbonyl (C=S) groups is 2. The Morgan fingerprint density at radius 2 is 2.08 bits per heavy atom. The van der Waals surface area contributed by atoms with Crippen LogP contribution in [0, 0.1) is 0 Å². The van der Waals surface area contributed by atoms with E-state index in [1.807, 2.05) is 6.92 Å². The van der Waals surface area contributed by atoms with E-state index in [1.165, 1.54) is 0 Å². The summed E-state index contributed by atoms with van der Waals surface area (Å²) in [6.45, 7) is 2.05. The molecule has 1 atom stereocenters. The van der Waals surface area contributed by atoms with Crippen LogP contribution in [0.2, 0.25) is 0 Å². The van der Waals surface area contributed by atoms with Gasteiger partial charge in [0.2, 0.25) is 0 Å². The first-order valence-corrected chi connectivity index (χ1v) is 4.69. The Balaban J connectivity index is 3.03. The zero-order chi connectivity index (χ0) is 9.30. The van der Waals surface area contributed by atoms with Crippen molar-refractivity contribution in [2.75, 3.05) is 0 Å². The largest absolute Gasteiger partial charge is 0.398 e. The number of rotatable bonds is 1. The van der Waals surface area contributed by atoms with Gasteiger partial charge in [0, 0.05) is 17.0 Å². The second-order valence-electron chi connectivity index (χ2n) is 2.86. The molecule has 1 aliphatic rings. The van der Waals surface area contributed by atoms with Crippen LogP contribution < -0.4 is 11.5 Å². The number of nitrogens with two attached hydrogens (primary N) is 2. The van der Waals surface area contributed by atoms with Crippen LogP contribution >= 0.6 is 24.4 Å². The van der Waals surface area contributed by atoms with E-state index in [4.69, 9.17) is 35.9 Å². The standard InChI is InChI=1S/C8H12N2S2/c1-2-4-3-5(11)7(10)8(12)6(4)9/h7H,2-3,9-10H2,1H3. The van der Waals surface area contributed by atoms with Gasteiger partial charge in [-0.25, -0.2) is 0 Å². The highest BCUT2D eigenvalue weighted by Crippen LogP contribution is 2.20. The van der Waals surface area contributed by atoms with Crippen LogP contribution in [0.25, 0.3) is 0 Å². The van der Waals surface area contributed by atoms with Crippen LogP contribution in [-0.2, 0) is 0 Å². The molecule has 2 nitrogen and oxygen atoms in total. The average molecular weight is 200 g/mol. The van der Waals surface area contributed by atoms with Crippen LogP contribution in [0.15, 0.2) is 11.3 Å². The highest BCUT2D eigenvalue weighted by Gasteiger charge is 2.24. The third-order valence-corrected chi connectivity index (χ3v) is 2.96. The third-order valence-electron chi connectivity index (χ3n) is 2.09. The summed E-state index contributed by atoms with van der Waals surface area (Å²) in [4.78, 5) is 1.43. The second-order valence-corrected chi connectivity index (χ2v) is 3.82. The minimum absolute atomic E-state index is 0.287. The van der Waals surface area contributed by atoms with Gasteiger partial charge in [0.1, 0.15) is 0 Å². The molecule has 0 bridgehead atoms. The van der Waals surface area contributed by atoms with E-state index in [2.05, 4.69) is 0 Å². The van der Waals surface area contributed by atoms with Crippen molar-refractivity contribution in [3.8, 4) is 0 Å². The SMILES string of the molecule is CCC1=C(N)C(=S)C(N)C(=S)C1. The van der Waals surface area contributed by atoms with Gasteiger partial charge >= 0.3 is 0 Å². The van der Waals surface area contributed by atoms with Gasteiger partial charge in [0.15, 0.2) is 0 Å². The molecule has 4 N–H and O–H groups in total. The summed E-state index contributed by atoms with van der Waals surface area (Å²) in [5, 5.41) is 0. The van der Waals surface area contributed by atoms with Crippen molar-refractivity contribution < 1.29 is 0 Å². The normalized spacial score (nSPS) is 25.0. The Morgan fingerprint density at radius 1 is 1.50 bits per heavy atom. The van der Waals surface area contributed by atoms with Crippen molar-refractivity contribution in [1.82, 2.24) is 0 Å². The van der Waals surface area contributed by atoms with E-state index in [1.54, 1.807) is 0 Å². The highest BCUT2D eigenvalue weighted by atomic mass is 32.1. The molecule has 4 heteroatoms. The van der Waals surface area contributed by atoms with Crippen molar-refractivity contribution >= 4 is 34.2 Å². The molecule has 1 unspecified atom stereocenters. The minimum Gasteiger partial charge on any atom is -0.398 e. The monoisotopic (exact) mass is 200 g/mol. The maximum absolute atomic E-state index is 5.78. The molecule has 12 heavy (non-hydrogen) atoms. The van der Waals surface area contributed by atoms with Crippen LogP contribution in [0.3, 0.4) is 0 Å². The van der Waals surface area contributed by atoms with Gasteiger partial charge in [-0.15, -0.1) is 0 Å². The molecule has 0 aromatic rings. The summed E-state index contributed by atoms with van der Waals surface area (Å²) in [6.07, 6.45) is 1.64. The Hall–Kier alpha value is -0.320. The molecule has 0 aromatic heterocycles. The lowest BCUT2D eigenvalue weighted by Gasteiger charge is -2.23. The van der Waals surface area contributed by atoms with E-state index in [0.29, 0.717) is 10.6 Å². The fourth-order valence-corrected chi connectivity index (χ4v) is 1.87. The Labute approximate surface area is 83.0 Å². The summed E-state index contributed by atoms with van der Waals surface area (Å²) in [7, 11) is 0. The molecule has 0 radical (unpaired) electrons. The van der Waals surface area contributed by atoms with Gasteiger partial charge in [-0.2, -0.15) is 0 Å². The highest BCUT2D eigenvalue weighted by molar-refractivity contribution is 7.82. The molecule has 0 aromatic carbocycles. The maximum Gasteiger partial charge on any atom is 0.0742 e. The third kappa shape index (κ3) is 1.55. The average Bonchev–Trinajstić information content (AvgIpc) is 2.08. The molecule has 0 spiro atoms. The summed E-state index contributed by atoms with van der Waals surface area (Å²) < 4.78 is 0. The van der Waals surface area contributed by atoms with E-state index < -0.39 is 0 Å². The van der Waals surface area contributed by atoms with Gasteiger partial charge in [-0.1, -0.05) is 31.4 Å². The lowest BCUT2D eigenvalue weighted by atomic mass is 9.91. The Morgan fingerprint density at radius 3 is 2.58 bits per heavy atom. The van der Waals surface area contributed by atoms with E-state index in [-0.39, 0.29) is 6.04 Å². The molecule has 0 saturated carbocycles. The summed E-state index contributed by atoms with van der Waals surface area (Å²) >= 11 is 10.2. The van der Waals surface area contributed by atoms with Gasteiger partial charge in [0.05, 0.1) is 10.9 Å². The van der Waals surface area contributed by atoms with Gasteiger partial charge in [-0.05, 0) is 12.0 Å². The van der Waals surface area contributed by atoms with Crippen molar-refractivity contribution in [1.29, 1.82) is 0 Å². The molecular formula is C8H12N2S2. The zero-order valence-corrected chi connectivity index (χ0v) is 8.60. The Kier molecular flexibility index (Phi) is 2.93. The van der Waals surface area contributed by atoms with Crippen LogP contribution in [0.4, 0.5) is 0 Å². The number of hydrogen-bond acceptors (Lipinski definition) is 4. The van der Waals surface area contributed by atoms with E-state index in [9.17, 15) is 0 Å². The molecule has 0 heterocycles. The molecule has 1 aliphatic carbocycles. The molecule has 0 saturated heterocycles. The summed E-state index contributed by atoms with van der Waals surface area (Å²) in [5.41, 5.74) is 13.3. The van der Waals surface area contributed by atoms with E-state index >= 15 is 0 Å². The van der Waals surface area contributed by atoms with Crippen LogP contribution in [0.1, 0.15) is 19.8 Å². The molecule has 0 amide bonds. The van der Waals surface area contributed by atoms with Crippen molar-refractivity contribution in [2.24, 2.45) is 11.5 Å². The van der Waals surface area contributed by atoms with Crippen molar-refractivity contribution in [2.45, 2.75) is 25.8 Å².